The molecule has 1 atom stereocenters. The largest absolute Gasteiger partial charge is 0.300 e. The zero-order valence-electron chi connectivity index (χ0n) is 11.5. The Balaban J connectivity index is 2.33. The number of rotatable bonds is 4. The number of carbonyl (C=O) groups is 1. The van der Waals surface area contributed by atoms with Crippen molar-refractivity contribution in [3.05, 3.63) is 29.3 Å². The van der Waals surface area contributed by atoms with E-state index in [1.807, 2.05) is 6.07 Å². The number of hydrogen-bond donors (Lipinski definition) is 0. The summed E-state index contributed by atoms with van der Waals surface area (Å²) in [5, 5.41) is -0.647. The lowest BCUT2D eigenvalue weighted by Crippen LogP contribution is -2.21. The topological polar surface area (TPSA) is 51.2 Å². The van der Waals surface area contributed by atoms with E-state index in [0.717, 1.165) is 24.8 Å². The summed E-state index contributed by atoms with van der Waals surface area (Å²) in [5.74, 6) is -0.0889. The van der Waals surface area contributed by atoms with Gasteiger partial charge in [-0.15, -0.1) is 0 Å². The molecule has 0 heterocycles. The lowest BCUT2D eigenvalue weighted by atomic mass is 9.92. The lowest BCUT2D eigenvalue weighted by Gasteiger charge is -2.18. The number of hydrogen-bond acceptors (Lipinski definition) is 3. The number of sulfone groups is 1. The second-order valence-corrected chi connectivity index (χ2v) is 7.77. The Morgan fingerprint density at radius 2 is 1.84 bits per heavy atom. The molecule has 3 nitrogen and oxygen atoms in total. The van der Waals surface area contributed by atoms with E-state index in [0.29, 0.717) is 4.90 Å². The molecular formula is C15H20O3S. The number of aryl methyl sites for hydroxylation is 2. The molecule has 0 bridgehead atoms. The van der Waals surface area contributed by atoms with Gasteiger partial charge in [-0.1, -0.05) is 6.07 Å². The molecule has 4 heteroatoms. The van der Waals surface area contributed by atoms with Crippen molar-refractivity contribution in [1.82, 2.24) is 0 Å². The monoisotopic (exact) mass is 280 g/mol. The highest BCUT2D eigenvalue weighted by molar-refractivity contribution is 7.92. The zero-order chi connectivity index (χ0) is 14.0. The summed E-state index contributed by atoms with van der Waals surface area (Å²) in [4.78, 5) is 11.5. The lowest BCUT2D eigenvalue weighted by molar-refractivity contribution is -0.116. The zero-order valence-corrected chi connectivity index (χ0v) is 12.3. The van der Waals surface area contributed by atoms with Crippen LogP contribution in [-0.2, 0) is 27.5 Å². The molecule has 0 saturated carbocycles. The fourth-order valence-corrected chi connectivity index (χ4v) is 4.12. The summed E-state index contributed by atoms with van der Waals surface area (Å²) in [6.45, 7) is 3.04. The third kappa shape index (κ3) is 3.06. The third-order valence-corrected chi connectivity index (χ3v) is 5.89. The van der Waals surface area contributed by atoms with Crippen LogP contribution in [-0.4, -0.2) is 19.5 Å². The molecule has 0 aromatic heterocycles. The van der Waals surface area contributed by atoms with E-state index in [1.54, 1.807) is 19.1 Å². The molecule has 0 spiro atoms. The number of benzene rings is 1. The van der Waals surface area contributed by atoms with Crippen molar-refractivity contribution < 1.29 is 13.2 Å². The first kappa shape index (κ1) is 14.3. The standard InChI is InChI=1S/C15H20O3S/c1-11(16)9-12(2)19(17,18)15-8-7-13-5-3-4-6-14(13)10-15/h7-8,10,12H,3-6,9H2,1-2H3. The fourth-order valence-electron chi connectivity index (χ4n) is 2.63. The molecule has 104 valence electrons. The Bertz CT molecular complexity index is 587. The van der Waals surface area contributed by atoms with Gasteiger partial charge in [-0.2, -0.15) is 0 Å². The number of Topliss-reactive ketones (excluding diaryl/α,β-unsaturated/α-hetero) is 1. The highest BCUT2D eigenvalue weighted by atomic mass is 32.2. The quantitative estimate of drug-likeness (QED) is 0.852. The predicted molar refractivity (Wildman–Crippen MR) is 75.0 cm³/mol. The van der Waals surface area contributed by atoms with Gasteiger partial charge in [-0.3, -0.25) is 4.79 Å². The Morgan fingerprint density at radius 3 is 2.47 bits per heavy atom. The van der Waals surface area contributed by atoms with Gasteiger partial charge < -0.3 is 0 Å². The first-order valence-corrected chi connectivity index (χ1v) is 8.31. The maximum Gasteiger partial charge on any atom is 0.181 e. The third-order valence-electron chi connectivity index (χ3n) is 3.75. The summed E-state index contributed by atoms with van der Waals surface area (Å²) in [6, 6.07) is 5.43. The molecule has 1 unspecified atom stereocenters. The Kier molecular flexibility index (Phi) is 4.09. The van der Waals surface area contributed by atoms with Crippen molar-refractivity contribution in [2.75, 3.05) is 0 Å². The predicted octanol–water partition coefficient (Wildman–Crippen LogP) is 2.71. The van der Waals surface area contributed by atoms with Gasteiger partial charge in [-0.25, -0.2) is 8.42 Å². The Hall–Kier alpha value is -1.16. The van der Waals surface area contributed by atoms with Crippen LogP contribution in [0.3, 0.4) is 0 Å². The van der Waals surface area contributed by atoms with Crippen LogP contribution < -0.4 is 0 Å². The molecular weight excluding hydrogens is 260 g/mol. The van der Waals surface area contributed by atoms with Crippen LogP contribution >= 0.6 is 0 Å². The number of carbonyl (C=O) groups excluding carboxylic acids is 1. The fraction of sp³-hybridized carbons (Fsp3) is 0.533. The van der Waals surface area contributed by atoms with E-state index >= 15 is 0 Å². The van der Waals surface area contributed by atoms with E-state index in [2.05, 4.69) is 0 Å². The van der Waals surface area contributed by atoms with Crippen LogP contribution in [0.15, 0.2) is 23.1 Å². The second kappa shape index (κ2) is 5.45. The minimum absolute atomic E-state index is 0.0828. The van der Waals surface area contributed by atoms with Gasteiger partial charge in [0.1, 0.15) is 5.78 Å². The normalized spacial score (nSPS) is 16.7. The van der Waals surface area contributed by atoms with Gasteiger partial charge in [0.25, 0.3) is 0 Å². The molecule has 1 aromatic carbocycles. The maximum absolute atomic E-state index is 12.4. The molecule has 1 aromatic rings. The summed E-state index contributed by atoms with van der Waals surface area (Å²) < 4.78 is 24.8. The summed E-state index contributed by atoms with van der Waals surface area (Å²) >= 11 is 0. The molecule has 0 saturated heterocycles. The van der Waals surface area contributed by atoms with Crippen molar-refractivity contribution in [3.8, 4) is 0 Å². The van der Waals surface area contributed by atoms with E-state index in [-0.39, 0.29) is 12.2 Å². The van der Waals surface area contributed by atoms with Crippen molar-refractivity contribution in [1.29, 1.82) is 0 Å². The average Bonchev–Trinajstić information content (AvgIpc) is 2.37. The first-order chi connectivity index (χ1) is 8.91. The molecule has 0 fully saturated rings. The van der Waals surface area contributed by atoms with Gasteiger partial charge in [-0.05, 0) is 62.8 Å². The van der Waals surface area contributed by atoms with Gasteiger partial charge in [0.15, 0.2) is 9.84 Å². The number of fused-ring (bicyclic) bond motifs is 1. The summed E-state index contributed by atoms with van der Waals surface area (Å²) in [7, 11) is -3.39. The van der Waals surface area contributed by atoms with Crippen LogP contribution in [0.2, 0.25) is 0 Å². The Labute approximate surface area is 114 Å². The Morgan fingerprint density at radius 1 is 1.21 bits per heavy atom. The van der Waals surface area contributed by atoms with E-state index < -0.39 is 15.1 Å². The maximum atomic E-state index is 12.4. The molecule has 2 rings (SSSR count). The van der Waals surface area contributed by atoms with Crippen LogP contribution in [0.5, 0.6) is 0 Å². The molecule has 0 amide bonds. The van der Waals surface area contributed by atoms with Crippen LogP contribution in [0.1, 0.15) is 44.2 Å². The first-order valence-electron chi connectivity index (χ1n) is 6.76. The second-order valence-electron chi connectivity index (χ2n) is 5.40. The van der Waals surface area contributed by atoms with Crippen molar-refractivity contribution in [3.63, 3.8) is 0 Å². The van der Waals surface area contributed by atoms with Gasteiger partial charge in [0, 0.05) is 6.42 Å². The van der Waals surface area contributed by atoms with Crippen molar-refractivity contribution >= 4 is 15.6 Å². The van der Waals surface area contributed by atoms with Crippen molar-refractivity contribution in [2.45, 2.75) is 56.1 Å². The van der Waals surface area contributed by atoms with Crippen LogP contribution in [0, 0.1) is 0 Å². The molecule has 1 aliphatic carbocycles. The summed E-state index contributed by atoms with van der Waals surface area (Å²) in [6.07, 6.45) is 4.39. The van der Waals surface area contributed by atoms with Gasteiger partial charge >= 0.3 is 0 Å². The van der Waals surface area contributed by atoms with Gasteiger partial charge in [0.05, 0.1) is 10.1 Å². The highest BCUT2D eigenvalue weighted by Gasteiger charge is 2.25. The highest BCUT2D eigenvalue weighted by Crippen LogP contribution is 2.26. The van der Waals surface area contributed by atoms with E-state index in [9.17, 15) is 13.2 Å². The van der Waals surface area contributed by atoms with E-state index in [1.165, 1.54) is 18.9 Å². The molecule has 0 aliphatic heterocycles. The van der Waals surface area contributed by atoms with Crippen molar-refractivity contribution in [2.24, 2.45) is 0 Å². The number of ketones is 1. The minimum Gasteiger partial charge on any atom is -0.300 e. The molecule has 0 radical (unpaired) electrons. The minimum atomic E-state index is -3.39. The smallest absolute Gasteiger partial charge is 0.181 e. The van der Waals surface area contributed by atoms with Crippen LogP contribution in [0.4, 0.5) is 0 Å². The van der Waals surface area contributed by atoms with E-state index in [4.69, 9.17) is 0 Å². The molecule has 19 heavy (non-hydrogen) atoms. The van der Waals surface area contributed by atoms with Gasteiger partial charge in [0.2, 0.25) is 0 Å². The van der Waals surface area contributed by atoms with Crippen LogP contribution in [0.25, 0.3) is 0 Å². The average molecular weight is 280 g/mol. The SMILES string of the molecule is CC(=O)CC(C)S(=O)(=O)c1ccc2c(c1)CCCC2. The molecule has 0 N–H and O–H groups in total. The molecule has 1 aliphatic rings. The summed E-state index contributed by atoms with van der Waals surface area (Å²) in [5.41, 5.74) is 2.42.